The molecule has 0 bridgehead atoms. The van der Waals surface area contributed by atoms with Gasteiger partial charge in [-0.05, 0) is 81.5 Å². The molecule has 0 N–H and O–H groups in total. The van der Waals surface area contributed by atoms with Gasteiger partial charge in [0, 0.05) is 75.6 Å². The van der Waals surface area contributed by atoms with E-state index in [4.69, 9.17) is 38.1 Å². The molecular formula is C40H53N3O9. The van der Waals surface area contributed by atoms with Crippen molar-refractivity contribution in [1.29, 1.82) is 0 Å². The van der Waals surface area contributed by atoms with Crippen LogP contribution >= 0.6 is 0 Å². The van der Waals surface area contributed by atoms with Gasteiger partial charge < -0.3 is 43.0 Å². The smallest absolute Gasteiger partial charge is 0.410 e. The molecule has 1 saturated carbocycles. The molecule has 0 radical (unpaired) electrons. The van der Waals surface area contributed by atoms with Crippen LogP contribution in [0.2, 0.25) is 0 Å². The van der Waals surface area contributed by atoms with Crippen molar-refractivity contribution in [3.05, 3.63) is 71.4 Å². The number of nitrogens with zero attached hydrogens (tertiary/aromatic N) is 3. The van der Waals surface area contributed by atoms with Gasteiger partial charge in [-0.25, -0.2) is 9.78 Å². The van der Waals surface area contributed by atoms with Crippen LogP contribution in [0.3, 0.4) is 0 Å². The summed E-state index contributed by atoms with van der Waals surface area (Å²) in [6, 6.07) is 17.1. The van der Waals surface area contributed by atoms with Crippen molar-refractivity contribution in [1.82, 2.24) is 14.8 Å². The van der Waals surface area contributed by atoms with Crippen LogP contribution in [-0.4, -0.2) is 93.2 Å². The normalized spacial score (nSPS) is 17.2. The maximum Gasteiger partial charge on any atom is 0.410 e. The fourth-order valence-corrected chi connectivity index (χ4v) is 6.37. The van der Waals surface area contributed by atoms with Crippen LogP contribution in [0.4, 0.5) is 4.79 Å². The molecule has 2 fully saturated rings. The van der Waals surface area contributed by atoms with E-state index in [1.807, 2.05) is 74.2 Å². The van der Waals surface area contributed by atoms with E-state index in [-0.39, 0.29) is 31.0 Å². The molecule has 5 rings (SSSR count). The minimum atomic E-state index is -0.663. The number of methoxy groups -OCH3 is 4. The molecule has 1 saturated heterocycles. The predicted octanol–water partition coefficient (Wildman–Crippen LogP) is 6.63. The molecule has 12 nitrogen and oxygen atoms in total. The van der Waals surface area contributed by atoms with E-state index in [2.05, 4.69) is 0 Å². The highest BCUT2D eigenvalue weighted by molar-refractivity contribution is 5.82. The van der Waals surface area contributed by atoms with E-state index in [1.165, 1.54) is 0 Å². The van der Waals surface area contributed by atoms with Crippen LogP contribution in [0, 0.1) is 5.92 Å². The number of pyridine rings is 1. The van der Waals surface area contributed by atoms with Crippen LogP contribution in [0.15, 0.2) is 54.6 Å². The van der Waals surface area contributed by atoms with Crippen LogP contribution in [0.25, 0.3) is 0 Å². The number of carbonyl (C=O) groups excluding carboxylic acids is 2. The summed E-state index contributed by atoms with van der Waals surface area (Å²) in [5.41, 5.74) is 1.85. The zero-order chi connectivity index (χ0) is 37.3. The number of hydrogen-bond acceptors (Lipinski definition) is 10. The molecule has 1 aliphatic heterocycles. The molecule has 12 heteroatoms. The van der Waals surface area contributed by atoms with Gasteiger partial charge >= 0.3 is 6.09 Å². The van der Waals surface area contributed by atoms with Gasteiger partial charge in [-0.2, -0.15) is 0 Å². The number of aromatic nitrogens is 1. The third kappa shape index (κ3) is 10.7. The van der Waals surface area contributed by atoms with Gasteiger partial charge in [0.1, 0.15) is 35.2 Å². The Hall–Kier alpha value is -4.71. The number of ether oxygens (including phenoxy) is 7. The summed E-state index contributed by atoms with van der Waals surface area (Å²) in [5.74, 6) is 2.27. The average Bonchev–Trinajstić information content (AvgIpc) is 3.99. The Labute approximate surface area is 307 Å². The van der Waals surface area contributed by atoms with Gasteiger partial charge in [0.2, 0.25) is 11.8 Å². The lowest BCUT2D eigenvalue weighted by molar-refractivity contribution is -0.139. The number of likely N-dealkylation sites (tertiary alicyclic amines) is 1. The Morgan fingerprint density at radius 1 is 0.827 bits per heavy atom. The molecule has 2 aromatic carbocycles. The first-order valence-electron chi connectivity index (χ1n) is 17.9. The third-order valence-corrected chi connectivity index (χ3v) is 9.07. The van der Waals surface area contributed by atoms with E-state index in [0.717, 1.165) is 36.1 Å². The van der Waals surface area contributed by atoms with E-state index >= 15 is 0 Å². The van der Waals surface area contributed by atoms with Crippen molar-refractivity contribution in [2.45, 2.75) is 77.2 Å². The predicted molar refractivity (Wildman–Crippen MR) is 195 cm³/mol. The monoisotopic (exact) mass is 719 g/mol. The van der Waals surface area contributed by atoms with E-state index in [0.29, 0.717) is 61.6 Å². The molecular weight excluding hydrogens is 666 g/mol. The van der Waals surface area contributed by atoms with Crippen molar-refractivity contribution >= 4 is 12.0 Å². The summed E-state index contributed by atoms with van der Waals surface area (Å²) >= 11 is 0. The lowest BCUT2D eigenvalue weighted by atomic mass is 9.81. The number of benzene rings is 2. The maximum absolute atomic E-state index is 14.8. The highest BCUT2D eigenvalue weighted by Gasteiger charge is 2.44. The average molecular weight is 720 g/mol. The van der Waals surface area contributed by atoms with Gasteiger partial charge in [0.15, 0.2) is 0 Å². The standard InChI is InChI=1S/C40H53N3O9/c1-40(2,3)52-39(45)42-15-14-34(36-10-8-11-37(41-36)51-26-28-20-31(48-6)22-32(21-28)49-7)35(25-42)38(44)43(29-12-13-29)24-27-18-30(47-5)23-33(19-27)50-17-9-16-46-4/h8,10-11,18-23,29,34-35H,9,12-17,24-26H2,1-7H3/t34-,35-/m0/s1. The Balaban J connectivity index is 1.40. The van der Waals surface area contributed by atoms with Crippen LogP contribution in [0.5, 0.6) is 28.9 Å². The van der Waals surface area contributed by atoms with Crippen LogP contribution in [0.1, 0.15) is 69.2 Å². The molecule has 52 heavy (non-hydrogen) atoms. The number of rotatable bonds is 16. The van der Waals surface area contributed by atoms with Gasteiger partial charge in [-0.1, -0.05) is 6.07 Å². The molecule has 2 heterocycles. The topological polar surface area (TPSA) is 118 Å². The summed E-state index contributed by atoms with van der Waals surface area (Å²) in [6.07, 6.45) is 2.70. The summed E-state index contributed by atoms with van der Waals surface area (Å²) in [6.45, 7) is 7.90. The van der Waals surface area contributed by atoms with Crippen molar-refractivity contribution < 1.29 is 42.7 Å². The number of carbonyl (C=O) groups is 2. The molecule has 1 aromatic heterocycles. The summed E-state index contributed by atoms with van der Waals surface area (Å²) in [7, 11) is 6.50. The molecule has 2 amide bonds. The minimum absolute atomic E-state index is 0.0252. The molecule has 3 aromatic rings. The maximum atomic E-state index is 14.8. The van der Waals surface area contributed by atoms with Crippen LogP contribution in [-0.2, 0) is 27.4 Å². The molecule has 0 spiro atoms. The van der Waals surface area contributed by atoms with Gasteiger partial charge in [-0.3, -0.25) is 4.79 Å². The largest absolute Gasteiger partial charge is 0.497 e. The third-order valence-electron chi connectivity index (χ3n) is 9.07. The first-order valence-corrected chi connectivity index (χ1v) is 17.9. The minimum Gasteiger partial charge on any atom is -0.497 e. The van der Waals surface area contributed by atoms with Gasteiger partial charge in [0.05, 0.1) is 33.9 Å². The van der Waals surface area contributed by atoms with Gasteiger partial charge in [-0.15, -0.1) is 0 Å². The van der Waals surface area contributed by atoms with Crippen molar-refractivity contribution in [2.75, 3.05) is 54.7 Å². The SMILES string of the molecule is COCCCOc1cc(CN(C(=O)[C@H]2CN(C(=O)OC(C)(C)C)CC[C@@H]2c2cccc(OCc3cc(OC)cc(OC)c3)n2)C2CC2)cc(OC)c1. The van der Waals surface area contributed by atoms with Crippen LogP contribution < -0.4 is 23.7 Å². The fourth-order valence-electron chi connectivity index (χ4n) is 6.37. The zero-order valence-electron chi connectivity index (χ0n) is 31.5. The Kier molecular flexibility index (Phi) is 13.1. The van der Waals surface area contributed by atoms with E-state index in [1.54, 1.807) is 39.4 Å². The summed E-state index contributed by atoms with van der Waals surface area (Å²) in [5, 5.41) is 0. The Bertz CT molecular complexity index is 1630. The number of piperidine rings is 1. The Morgan fingerprint density at radius 2 is 1.48 bits per heavy atom. The van der Waals surface area contributed by atoms with E-state index < -0.39 is 17.6 Å². The Morgan fingerprint density at radius 3 is 2.12 bits per heavy atom. The fraction of sp³-hybridized carbons (Fsp3) is 0.525. The lowest BCUT2D eigenvalue weighted by Crippen LogP contribution is -2.51. The molecule has 0 unspecified atom stereocenters. The summed E-state index contributed by atoms with van der Waals surface area (Å²) < 4.78 is 39.5. The molecule has 2 aliphatic rings. The number of amides is 2. The highest BCUT2D eigenvalue weighted by Crippen LogP contribution is 2.39. The second-order valence-electron chi connectivity index (χ2n) is 14.2. The summed E-state index contributed by atoms with van der Waals surface area (Å²) in [4.78, 5) is 36.6. The van der Waals surface area contributed by atoms with Crippen molar-refractivity contribution in [3.8, 4) is 28.9 Å². The first-order chi connectivity index (χ1) is 25.0. The molecule has 282 valence electrons. The lowest BCUT2D eigenvalue weighted by Gasteiger charge is -2.40. The highest BCUT2D eigenvalue weighted by atomic mass is 16.6. The number of hydrogen-bond donors (Lipinski definition) is 0. The second-order valence-corrected chi connectivity index (χ2v) is 14.2. The molecule has 1 aliphatic carbocycles. The zero-order valence-corrected chi connectivity index (χ0v) is 31.5. The molecule has 2 atom stereocenters. The quantitative estimate of drug-likeness (QED) is 0.149. The van der Waals surface area contributed by atoms with Crippen molar-refractivity contribution in [3.63, 3.8) is 0 Å². The second kappa shape index (κ2) is 17.7. The van der Waals surface area contributed by atoms with Gasteiger partial charge in [0.25, 0.3) is 0 Å². The van der Waals surface area contributed by atoms with Crippen molar-refractivity contribution in [2.24, 2.45) is 5.92 Å². The first kappa shape index (κ1) is 38.5. The van der Waals surface area contributed by atoms with E-state index in [9.17, 15) is 9.59 Å².